The third-order valence-corrected chi connectivity index (χ3v) is 2.47. The molecule has 0 aliphatic heterocycles. The van der Waals surface area contributed by atoms with Gasteiger partial charge >= 0.3 is 0 Å². The largest absolute Gasteiger partial charge is 0.394 e. The van der Waals surface area contributed by atoms with Gasteiger partial charge in [-0.25, -0.2) is 0 Å². The van der Waals surface area contributed by atoms with Gasteiger partial charge in [-0.05, 0) is 6.42 Å². The first-order chi connectivity index (χ1) is 11.8. The first kappa shape index (κ1) is 25.9. The summed E-state index contributed by atoms with van der Waals surface area (Å²) in [5.74, 6) is 0. The number of aliphatic hydroxyl groups is 3. The van der Waals surface area contributed by atoms with Gasteiger partial charge in [-0.15, -0.1) is 0 Å². The normalized spacial score (nSPS) is 10.5. The second kappa shape index (κ2) is 27.5. The molecule has 0 spiro atoms. The zero-order chi connectivity index (χ0) is 18.1. The molecule has 0 aromatic rings. The van der Waals surface area contributed by atoms with E-state index in [-0.39, 0.29) is 19.8 Å². The standard InChI is InChI=1S/C10H22O4.C6H14O4/c1-2-3-5-12-7-9-14-10-8-13-6-4-11;7-1-3-9-5-6-10-4-2-8/h11H,2-10H2,1H3;7-8H,1-6H2. The molecule has 0 radical (unpaired) electrons. The molecule has 0 heterocycles. The number of hydrogen-bond acceptors (Lipinski definition) is 8. The van der Waals surface area contributed by atoms with Crippen LogP contribution in [0.25, 0.3) is 0 Å². The second-order valence-electron chi connectivity index (χ2n) is 4.59. The molecule has 0 aromatic heterocycles. The summed E-state index contributed by atoms with van der Waals surface area (Å²) in [6.45, 7) is 7.51. The molecular formula is C16H36O8. The summed E-state index contributed by atoms with van der Waals surface area (Å²) in [4.78, 5) is 0. The van der Waals surface area contributed by atoms with E-state index in [1.807, 2.05) is 0 Å². The molecule has 0 aliphatic carbocycles. The Morgan fingerprint density at radius 1 is 0.458 bits per heavy atom. The van der Waals surface area contributed by atoms with Crippen molar-refractivity contribution in [3.8, 4) is 0 Å². The molecule has 0 amide bonds. The Kier molecular flexibility index (Phi) is 29.7. The van der Waals surface area contributed by atoms with E-state index in [9.17, 15) is 0 Å². The SMILES string of the molecule is CCCCOCCOCCOCCO.OCCOCCOCCO. The predicted molar refractivity (Wildman–Crippen MR) is 90.3 cm³/mol. The monoisotopic (exact) mass is 356 g/mol. The van der Waals surface area contributed by atoms with Crippen LogP contribution in [0.2, 0.25) is 0 Å². The topological polar surface area (TPSA) is 107 Å². The van der Waals surface area contributed by atoms with Crippen LogP contribution >= 0.6 is 0 Å². The number of aliphatic hydroxyl groups excluding tert-OH is 3. The number of hydrogen-bond donors (Lipinski definition) is 3. The minimum absolute atomic E-state index is 0.0417. The van der Waals surface area contributed by atoms with E-state index >= 15 is 0 Å². The van der Waals surface area contributed by atoms with Crippen molar-refractivity contribution in [2.45, 2.75) is 19.8 Å². The minimum atomic E-state index is 0.0417. The maximum absolute atomic E-state index is 8.40. The first-order valence-electron chi connectivity index (χ1n) is 8.54. The highest BCUT2D eigenvalue weighted by molar-refractivity contribution is 4.35. The Morgan fingerprint density at radius 3 is 1.04 bits per heavy atom. The van der Waals surface area contributed by atoms with Gasteiger partial charge < -0.3 is 39.0 Å². The molecule has 0 bridgehead atoms. The van der Waals surface area contributed by atoms with E-state index in [0.717, 1.165) is 19.4 Å². The smallest absolute Gasteiger partial charge is 0.0701 e. The Bertz CT molecular complexity index is 175. The van der Waals surface area contributed by atoms with E-state index in [2.05, 4.69) is 6.92 Å². The third kappa shape index (κ3) is 29.7. The Hall–Kier alpha value is -0.320. The van der Waals surface area contributed by atoms with Gasteiger partial charge in [0.2, 0.25) is 0 Å². The van der Waals surface area contributed by atoms with Crippen molar-refractivity contribution < 1.29 is 39.0 Å². The first-order valence-corrected chi connectivity index (χ1v) is 8.54. The van der Waals surface area contributed by atoms with Crippen molar-refractivity contribution in [3.63, 3.8) is 0 Å². The van der Waals surface area contributed by atoms with Crippen molar-refractivity contribution in [3.05, 3.63) is 0 Å². The second-order valence-corrected chi connectivity index (χ2v) is 4.59. The van der Waals surface area contributed by atoms with Gasteiger partial charge in [-0.1, -0.05) is 13.3 Å². The van der Waals surface area contributed by atoms with Crippen LogP contribution in [0.5, 0.6) is 0 Å². The van der Waals surface area contributed by atoms with Crippen LogP contribution in [-0.4, -0.2) is 101 Å². The molecular weight excluding hydrogens is 320 g/mol. The average molecular weight is 356 g/mol. The summed E-state index contributed by atoms with van der Waals surface area (Å²) in [5, 5.41) is 24.9. The van der Waals surface area contributed by atoms with Gasteiger partial charge in [-0.3, -0.25) is 0 Å². The maximum Gasteiger partial charge on any atom is 0.0701 e. The van der Waals surface area contributed by atoms with Gasteiger partial charge in [0.1, 0.15) is 0 Å². The van der Waals surface area contributed by atoms with E-state index < -0.39 is 0 Å². The molecule has 8 nitrogen and oxygen atoms in total. The minimum Gasteiger partial charge on any atom is -0.394 e. The summed E-state index contributed by atoms with van der Waals surface area (Å²) in [6, 6.07) is 0. The molecule has 24 heavy (non-hydrogen) atoms. The molecule has 0 aromatic carbocycles. The Balaban J connectivity index is 0. The van der Waals surface area contributed by atoms with Crippen molar-refractivity contribution in [2.75, 3.05) is 85.9 Å². The molecule has 0 fully saturated rings. The van der Waals surface area contributed by atoms with E-state index in [1.165, 1.54) is 0 Å². The van der Waals surface area contributed by atoms with Gasteiger partial charge in [0.05, 0.1) is 79.3 Å². The van der Waals surface area contributed by atoms with Gasteiger partial charge in [0.15, 0.2) is 0 Å². The highest BCUT2D eigenvalue weighted by atomic mass is 16.5. The van der Waals surface area contributed by atoms with Crippen LogP contribution in [0.3, 0.4) is 0 Å². The molecule has 3 N–H and O–H groups in total. The lowest BCUT2D eigenvalue weighted by atomic mass is 10.4. The Morgan fingerprint density at radius 2 is 0.750 bits per heavy atom. The predicted octanol–water partition coefficient (Wildman–Crippen LogP) is -0.167. The molecule has 0 unspecified atom stereocenters. The fraction of sp³-hybridized carbons (Fsp3) is 1.00. The molecule has 0 saturated heterocycles. The zero-order valence-electron chi connectivity index (χ0n) is 15.0. The molecule has 0 atom stereocenters. The summed E-state index contributed by atoms with van der Waals surface area (Å²) in [5.41, 5.74) is 0. The third-order valence-electron chi connectivity index (χ3n) is 2.47. The van der Waals surface area contributed by atoms with Crippen LogP contribution < -0.4 is 0 Å². The lowest BCUT2D eigenvalue weighted by Gasteiger charge is -2.05. The lowest BCUT2D eigenvalue weighted by molar-refractivity contribution is 0.00735. The zero-order valence-corrected chi connectivity index (χ0v) is 15.0. The van der Waals surface area contributed by atoms with Crippen LogP contribution in [0, 0.1) is 0 Å². The van der Waals surface area contributed by atoms with Crippen LogP contribution in [0.1, 0.15) is 19.8 Å². The quantitative estimate of drug-likeness (QED) is 0.291. The van der Waals surface area contributed by atoms with Crippen molar-refractivity contribution >= 4 is 0 Å². The average Bonchev–Trinajstić information content (AvgIpc) is 2.60. The van der Waals surface area contributed by atoms with Crippen molar-refractivity contribution in [1.82, 2.24) is 0 Å². The lowest BCUT2D eigenvalue weighted by Crippen LogP contribution is -2.11. The Labute approximate surface area is 145 Å². The van der Waals surface area contributed by atoms with Gasteiger partial charge in [0.25, 0.3) is 0 Å². The highest BCUT2D eigenvalue weighted by Crippen LogP contribution is 1.87. The number of unbranched alkanes of at least 4 members (excludes halogenated alkanes) is 1. The van der Waals surface area contributed by atoms with E-state index in [1.54, 1.807) is 0 Å². The fourth-order valence-electron chi connectivity index (χ4n) is 1.30. The van der Waals surface area contributed by atoms with Crippen molar-refractivity contribution in [1.29, 1.82) is 0 Å². The molecule has 148 valence electrons. The van der Waals surface area contributed by atoms with Gasteiger partial charge in [-0.2, -0.15) is 0 Å². The summed E-state index contributed by atoms with van der Waals surface area (Å²) < 4.78 is 25.3. The summed E-state index contributed by atoms with van der Waals surface area (Å²) in [6.07, 6.45) is 2.27. The summed E-state index contributed by atoms with van der Waals surface area (Å²) in [7, 11) is 0. The van der Waals surface area contributed by atoms with Gasteiger partial charge in [0, 0.05) is 6.61 Å². The number of ether oxygens (including phenoxy) is 5. The van der Waals surface area contributed by atoms with Crippen LogP contribution in [0.4, 0.5) is 0 Å². The van der Waals surface area contributed by atoms with Crippen LogP contribution in [0.15, 0.2) is 0 Å². The molecule has 8 heteroatoms. The van der Waals surface area contributed by atoms with E-state index in [4.69, 9.17) is 39.0 Å². The van der Waals surface area contributed by atoms with E-state index in [0.29, 0.717) is 59.5 Å². The highest BCUT2D eigenvalue weighted by Gasteiger charge is 1.90. The molecule has 0 aliphatic rings. The fourth-order valence-corrected chi connectivity index (χ4v) is 1.30. The molecule has 0 rings (SSSR count). The number of rotatable bonds is 18. The summed E-state index contributed by atoms with van der Waals surface area (Å²) >= 11 is 0. The van der Waals surface area contributed by atoms with Crippen LogP contribution in [-0.2, 0) is 23.7 Å². The molecule has 0 saturated carbocycles. The van der Waals surface area contributed by atoms with Crippen molar-refractivity contribution in [2.24, 2.45) is 0 Å². The maximum atomic E-state index is 8.40.